The van der Waals surface area contributed by atoms with Crippen LogP contribution in [0.25, 0.3) is 0 Å². The lowest BCUT2D eigenvalue weighted by atomic mass is 10.2. The third kappa shape index (κ3) is 5.14. The maximum Gasteiger partial charge on any atom is 0.416 e. The van der Waals surface area contributed by atoms with Gasteiger partial charge in [0.05, 0.1) is 11.1 Å². The average molecular weight is 337 g/mol. The van der Waals surface area contributed by atoms with Crippen molar-refractivity contribution in [3.05, 3.63) is 53.7 Å². The summed E-state index contributed by atoms with van der Waals surface area (Å²) in [5.74, 6) is 0.493. The molecule has 0 fully saturated rings. The maximum atomic E-state index is 12.6. The fourth-order valence-electron chi connectivity index (χ4n) is 1.80. The van der Waals surface area contributed by atoms with Gasteiger partial charge in [-0.15, -0.1) is 0 Å². The third-order valence-electron chi connectivity index (χ3n) is 3.02. The summed E-state index contributed by atoms with van der Waals surface area (Å²) in [6.45, 7) is -0.0809. The second kappa shape index (κ2) is 7.66. The predicted octanol–water partition coefficient (Wildman–Crippen LogP) is 2.82. The maximum absolute atomic E-state index is 12.6. The normalized spacial score (nSPS) is 12.3. The molecule has 2 rings (SSSR count). The summed E-state index contributed by atoms with van der Waals surface area (Å²) in [6, 6.07) is 9.53. The molecule has 2 N–H and O–H groups in total. The molecule has 1 heterocycles. The molecule has 1 atom stereocenters. The first-order chi connectivity index (χ1) is 11.4. The molecule has 0 aliphatic heterocycles. The van der Waals surface area contributed by atoms with Crippen molar-refractivity contribution in [2.24, 2.45) is 0 Å². The van der Waals surface area contributed by atoms with E-state index >= 15 is 0 Å². The number of halogens is 3. The molecule has 0 saturated carbocycles. The van der Waals surface area contributed by atoms with E-state index in [1.165, 1.54) is 18.3 Å². The molecular formula is C16H14F3N3O2. The molecule has 1 aromatic carbocycles. The van der Waals surface area contributed by atoms with Gasteiger partial charge in [-0.2, -0.15) is 18.4 Å². The highest BCUT2D eigenvalue weighted by Gasteiger charge is 2.30. The second-order valence-corrected chi connectivity index (χ2v) is 4.92. The molecule has 0 saturated heterocycles. The standard InChI is InChI=1S/C16H14F3N3O2/c17-16(18,19)12-2-1-3-14(6-12)24-10-13(23)9-22-15-5-4-11(7-20)8-21-15/h1-6,8,13,23H,9-10H2,(H,21,22). The lowest BCUT2D eigenvalue weighted by molar-refractivity contribution is -0.137. The van der Waals surface area contributed by atoms with Gasteiger partial charge in [-0.05, 0) is 30.3 Å². The van der Waals surface area contributed by atoms with Crippen LogP contribution in [0.5, 0.6) is 5.75 Å². The van der Waals surface area contributed by atoms with Crippen molar-refractivity contribution in [3.8, 4) is 11.8 Å². The lowest BCUT2D eigenvalue weighted by Gasteiger charge is -2.14. The first-order valence-electron chi connectivity index (χ1n) is 6.96. The van der Waals surface area contributed by atoms with Crippen LogP contribution in [0, 0.1) is 11.3 Å². The molecule has 0 radical (unpaired) electrons. The van der Waals surface area contributed by atoms with Crippen molar-refractivity contribution < 1.29 is 23.0 Å². The van der Waals surface area contributed by atoms with E-state index in [4.69, 9.17) is 10.00 Å². The van der Waals surface area contributed by atoms with Gasteiger partial charge >= 0.3 is 6.18 Å². The average Bonchev–Trinajstić information content (AvgIpc) is 2.58. The van der Waals surface area contributed by atoms with E-state index in [1.54, 1.807) is 12.1 Å². The Labute approximate surface area is 136 Å². The summed E-state index contributed by atoms with van der Waals surface area (Å²) in [7, 11) is 0. The number of aliphatic hydroxyl groups excluding tert-OH is 1. The highest BCUT2D eigenvalue weighted by Crippen LogP contribution is 2.31. The van der Waals surface area contributed by atoms with Crippen molar-refractivity contribution in [2.75, 3.05) is 18.5 Å². The Morgan fingerprint density at radius 3 is 2.71 bits per heavy atom. The third-order valence-corrected chi connectivity index (χ3v) is 3.02. The Morgan fingerprint density at radius 2 is 2.08 bits per heavy atom. The van der Waals surface area contributed by atoms with Gasteiger partial charge in [-0.1, -0.05) is 6.07 Å². The zero-order valence-electron chi connectivity index (χ0n) is 12.4. The molecule has 2 aromatic rings. The van der Waals surface area contributed by atoms with Gasteiger partial charge in [0.2, 0.25) is 0 Å². The van der Waals surface area contributed by atoms with Crippen LogP contribution in [0.3, 0.4) is 0 Å². The van der Waals surface area contributed by atoms with Crippen LogP contribution >= 0.6 is 0 Å². The Hall–Kier alpha value is -2.79. The Kier molecular flexibility index (Phi) is 5.60. The van der Waals surface area contributed by atoms with E-state index in [0.29, 0.717) is 11.4 Å². The van der Waals surface area contributed by atoms with Crippen molar-refractivity contribution in [3.63, 3.8) is 0 Å². The number of ether oxygens (including phenoxy) is 1. The molecule has 0 aliphatic carbocycles. The number of alkyl halides is 3. The SMILES string of the molecule is N#Cc1ccc(NCC(O)COc2cccc(C(F)(F)F)c2)nc1. The van der Waals surface area contributed by atoms with Gasteiger partial charge in [0, 0.05) is 12.7 Å². The molecule has 1 unspecified atom stereocenters. The first kappa shape index (κ1) is 17.6. The summed E-state index contributed by atoms with van der Waals surface area (Å²) < 4.78 is 42.9. The molecule has 0 amide bonds. The minimum atomic E-state index is -4.44. The van der Waals surface area contributed by atoms with E-state index in [9.17, 15) is 18.3 Å². The smallest absolute Gasteiger partial charge is 0.416 e. The molecule has 0 bridgehead atoms. The largest absolute Gasteiger partial charge is 0.491 e. The number of benzene rings is 1. The van der Waals surface area contributed by atoms with Crippen molar-refractivity contribution in [1.82, 2.24) is 4.98 Å². The van der Waals surface area contributed by atoms with Crippen LogP contribution in [-0.2, 0) is 6.18 Å². The predicted molar refractivity (Wildman–Crippen MR) is 80.4 cm³/mol. The first-order valence-corrected chi connectivity index (χ1v) is 6.96. The quantitative estimate of drug-likeness (QED) is 0.847. The summed E-state index contributed by atoms with van der Waals surface area (Å²) >= 11 is 0. The van der Waals surface area contributed by atoms with Gasteiger partial charge in [0.25, 0.3) is 0 Å². The van der Waals surface area contributed by atoms with Gasteiger partial charge in [0.15, 0.2) is 0 Å². The fraction of sp³-hybridized carbons (Fsp3) is 0.250. The zero-order chi connectivity index (χ0) is 17.6. The summed E-state index contributed by atoms with van der Waals surface area (Å²) in [5, 5.41) is 21.3. The number of rotatable bonds is 6. The number of nitriles is 1. The summed E-state index contributed by atoms with van der Waals surface area (Å²) in [6.07, 6.45) is -4.01. The Bertz CT molecular complexity index is 712. The van der Waals surface area contributed by atoms with E-state index in [-0.39, 0.29) is 18.9 Å². The van der Waals surface area contributed by atoms with Crippen molar-refractivity contribution >= 4 is 5.82 Å². The summed E-state index contributed by atoms with van der Waals surface area (Å²) in [5.41, 5.74) is -0.400. The Balaban J connectivity index is 1.82. The van der Waals surface area contributed by atoms with Crippen LogP contribution in [-0.4, -0.2) is 29.3 Å². The monoisotopic (exact) mass is 337 g/mol. The molecule has 8 heteroatoms. The van der Waals surface area contributed by atoms with Crippen molar-refractivity contribution in [2.45, 2.75) is 12.3 Å². The minimum Gasteiger partial charge on any atom is -0.491 e. The number of aliphatic hydroxyl groups is 1. The van der Waals surface area contributed by atoms with E-state index < -0.39 is 17.8 Å². The van der Waals surface area contributed by atoms with Crippen LogP contribution in [0.15, 0.2) is 42.6 Å². The molecule has 126 valence electrons. The Morgan fingerprint density at radius 1 is 1.29 bits per heavy atom. The second-order valence-electron chi connectivity index (χ2n) is 4.92. The molecule has 24 heavy (non-hydrogen) atoms. The van der Waals surface area contributed by atoms with Gasteiger partial charge in [-0.3, -0.25) is 0 Å². The van der Waals surface area contributed by atoms with Gasteiger partial charge in [0.1, 0.15) is 30.3 Å². The van der Waals surface area contributed by atoms with E-state index in [0.717, 1.165) is 12.1 Å². The minimum absolute atomic E-state index is 0.0281. The number of nitrogens with one attached hydrogen (secondary N) is 1. The molecule has 5 nitrogen and oxygen atoms in total. The zero-order valence-corrected chi connectivity index (χ0v) is 12.4. The highest BCUT2D eigenvalue weighted by atomic mass is 19.4. The molecule has 0 aliphatic rings. The number of hydrogen-bond acceptors (Lipinski definition) is 5. The number of aromatic nitrogens is 1. The number of nitrogens with zero attached hydrogens (tertiary/aromatic N) is 2. The van der Waals surface area contributed by atoms with Gasteiger partial charge in [-0.25, -0.2) is 4.98 Å². The molecule has 1 aromatic heterocycles. The number of anilines is 1. The molecule has 0 spiro atoms. The van der Waals surface area contributed by atoms with Gasteiger partial charge < -0.3 is 15.2 Å². The van der Waals surface area contributed by atoms with Crippen LogP contribution < -0.4 is 10.1 Å². The molecular weight excluding hydrogens is 323 g/mol. The number of pyridine rings is 1. The van der Waals surface area contributed by atoms with E-state index in [2.05, 4.69) is 10.3 Å². The van der Waals surface area contributed by atoms with Crippen LogP contribution in [0.4, 0.5) is 19.0 Å². The fourth-order valence-corrected chi connectivity index (χ4v) is 1.80. The highest BCUT2D eigenvalue weighted by molar-refractivity contribution is 5.39. The summed E-state index contributed by atoms with van der Waals surface area (Å²) in [4.78, 5) is 3.97. The topological polar surface area (TPSA) is 78.2 Å². The number of hydrogen-bond donors (Lipinski definition) is 2. The lowest BCUT2D eigenvalue weighted by Crippen LogP contribution is -2.26. The van der Waals surface area contributed by atoms with Crippen LogP contribution in [0.1, 0.15) is 11.1 Å². The van der Waals surface area contributed by atoms with E-state index in [1.807, 2.05) is 6.07 Å². The van der Waals surface area contributed by atoms with Crippen LogP contribution in [0.2, 0.25) is 0 Å². The van der Waals surface area contributed by atoms with Crippen molar-refractivity contribution in [1.29, 1.82) is 5.26 Å².